The van der Waals surface area contributed by atoms with Gasteiger partial charge in [0, 0.05) is 12.3 Å². The molecule has 1 fully saturated rings. The van der Waals surface area contributed by atoms with Crippen LogP contribution >= 0.6 is 11.8 Å². The Hall–Kier alpha value is -2.35. The summed E-state index contributed by atoms with van der Waals surface area (Å²) in [5.41, 5.74) is 0.254. The normalized spacial score (nSPS) is 17.2. The van der Waals surface area contributed by atoms with Crippen molar-refractivity contribution in [1.29, 1.82) is 0 Å². The molecule has 1 N–H and O–H groups in total. The van der Waals surface area contributed by atoms with Crippen molar-refractivity contribution in [2.24, 2.45) is 0 Å². The van der Waals surface area contributed by atoms with Crippen LogP contribution in [0.25, 0.3) is 0 Å². The first kappa shape index (κ1) is 18.4. The lowest BCUT2D eigenvalue weighted by molar-refractivity contribution is -0.137. The second-order valence-electron chi connectivity index (χ2n) is 5.67. The molecule has 26 heavy (non-hydrogen) atoms. The average molecular weight is 382 g/mol. The fourth-order valence-electron chi connectivity index (χ4n) is 2.76. The second-order valence-corrected chi connectivity index (χ2v) is 6.86. The van der Waals surface area contributed by atoms with Crippen LogP contribution in [0.2, 0.25) is 0 Å². The number of anilines is 1. The van der Waals surface area contributed by atoms with Gasteiger partial charge in [0.15, 0.2) is 0 Å². The van der Waals surface area contributed by atoms with E-state index in [9.17, 15) is 18.0 Å². The van der Waals surface area contributed by atoms with E-state index in [0.717, 1.165) is 12.1 Å². The van der Waals surface area contributed by atoms with Gasteiger partial charge < -0.3 is 15.0 Å². The highest BCUT2D eigenvalue weighted by Gasteiger charge is 2.34. The van der Waals surface area contributed by atoms with Crippen molar-refractivity contribution in [3.05, 3.63) is 59.7 Å². The molecule has 0 radical (unpaired) electrons. The minimum absolute atomic E-state index is 0.373. The van der Waals surface area contributed by atoms with Gasteiger partial charge in [0.25, 0.3) is 0 Å². The Balaban J connectivity index is 1.81. The number of halogens is 3. The molecular weight excluding hydrogens is 365 g/mol. The number of nitrogens with zero attached hydrogens (tertiary/aromatic N) is 1. The summed E-state index contributed by atoms with van der Waals surface area (Å²) in [5.74, 6) is 1.17. The zero-order chi connectivity index (χ0) is 18.7. The largest absolute Gasteiger partial charge is 0.495 e. The molecule has 3 rings (SSSR count). The Labute approximate surface area is 153 Å². The van der Waals surface area contributed by atoms with Gasteiger partial charge in [-0.3, -0.25) is 0 Å². The van der Waals surface area contributed by atoms with E-state index in [0.29, 0.717) is 29.3 Å². The summed E-state index contributed by atoms with van der Waals surface area (Å²) in [6.45, 7) is 0.451. The number of hydrogen-bond donors (Lipinski definition) is 1. The van der Waals surface area contributed by atoms with E-state index in [1.807, 2.05) is 0 Å². The Morgan fingerprint density at radius 3 is 2.73 bits per heavy atom. The molecule has 8 heteroatoms. The predicted octanol–water partition coefficient (Wildman–Crippen LogP) is 4.99. The van der Waals surface area contributed by atoms with Gasteiger partial charge in [-0.15, -0.1) is 11.8 Å². The van der Waals surface area contributed by atoms with E-state index in [1.54, 1.807) is 30.3 Å². The van der Waals surface area contributed by atoms with Crippen LogP contribution in [0.4, 0.5) is 23.7 Å². The van der Waals surface area contributed by atoms with Crippen LogP contribution in [0, 0.1) is 0 Å². The fraction of sp³-hybridized carbons (Fsp3) is 0.278. The number of alkyl halides is 3. The average Bonchev–Trinajstić information content (AvgIpc) is 3.11. The second kappa shape index (κ2) is 7.49. The number of para-hydroxylation sites is 2. The smallest absolute Gasteiger partial charge is 0.416 e. The first-order valence-electron chi connectivity index (χ1n) is 7.89. The van der Waals surface area contributed by atoms with Crippen LogP contribution in [-0.2, 0) is 6.18 Å². The van der Waals surface area contributed by atoms with Crippen molar-refractivity contribution in [2.75, 3.05) is 24.7 Å². The van der Waals surface area contributed by atoms with Crippen LogP contribution in [0.15, 0.2) is 48.5 Å². The third kappa shape index (κ3) is 3.90. The van der Waals surface area contributed by atoms with Crippen LogP contribution in [0.5, 0.6) is 5.75 Å². The van der Waals surface area contributed by atoms with Gasteiger partial charge in [0.05, 0.1) is 18.4 Å². The highest BCUT2D eigenvalue weighted by molar-refractivity contribution is 7.99. The van der Waals surface area contributed by atoms with Crippen LogP contribution in [0.1, 0.15) is 16.5 Å². The van der Waals surface area contributed by atoms with E-state index < -0.39 is 17.1 Å². The number of carbonyl (C=O) groups is 1. The number of thioether (sulfide) groups is 1. The minimum Gasteiger partial charge on any atom is -0.495 e. The maximum atomic E-state index is 13.0. The van der Waals surface area contributed by atoms with Crippen molar-refractivity contribution >= 4 is 23.5 Å². The summed E-state index contributed by atoms with van der Waals surface area (Å²) in [6, 6.07) is 11.7. The number of ether oxygens (including phenoxy) is 1. The molecular formula is C18H17F3N2O2S. The summed E-state index contributed by atoms with van der Waals surface area (Å²) in [5, 5.41) is 2.31. The molecule has 1 aliphatic heterocycles. The Morgan fingerprint density at radius 2 is 2.00 bits per heavy atom. The van der Waals surface area contributed by atoms with Crippen molar-refractivity contribution in [1.82, 2.24) is 4.90 Å². The van der Waals surface area contributed by atoms with Gasteiger partial charge in [0.1, 0.15) is 11.1 Å². The summed E-state index contributed by atoms with van der Waals surface area (Å²) in [7, 11) is 1.50. The molecule has 1 atom stereocenters. The maximum Gasteiger partial charge on any atom is 0.416 e. The Morgan fingerprint density at radius 1 is 1.23 bits per heavy atom. The summed E-state index contributed by atoms with van der Waals surface area (Å²) in [4.78, 5) is 14.2. The lowest BCUT2D eigenvalue weighted by atomic mass is 10.1. The van der Waals surface area contributed by atoms with Crippen LogP contribution < -0.4 is 10.1 Å². The van der Waals surface area contributed by atoms with Crippen molar-refractivity contribution in [3.8, 4) is 5.75 Å². The fourth-order valence-corrected chi connectivity index (χ4v) is 4.00. The van der Waals surface area contributed by atoms with Gasteiger partial charge in [-0.2, -0.15) is 13.2 Å². The molecule has 1 saturated heterocycles. The number of carbonyl (C=O) groups excluding carboxylic acids is 1. The molecule has 0 spiro atoms. The standard InChI is InChI=1S/C18H17F3N2O2S/c1-25-15-8-3-2-7-14(15)22-17(24)23-9-10-26-16(23)12-5-4-6-13(11-12)18(19,20)21/h2-8,11,16H,9-10H2,1H3,(H,22,24)/t16-/m1/s1. The molecule has 0 aliphatic carbocycles. The van der Waals surface area contributed by atoms with Crippen molar-refractivity contribution in [3.63, 3.8) is 0 Å². The molecule has 0 bridgehead atoms. The van der Waals surface area contributed by atoms with Crippen molar-refractivity contribution in [2.45, 2.75) is 11.6 Å². The minimum atomic E-state index is -4.41. The molecule has 2 amide bonds. The zero-order valence-electron chi connectivity index (χ0n) is 13.9. The van der Waals surface area contributed by atoms with E-state index >= 15 is 0 Å². The monoisotopic (exact) mass is 382 g/mol. The number of nitrogens with one attached hydrogen (secondary N) is 1. The summed E-state index contributed by atoms with van der Waals surface area (Å²) in [6.07, 6.45) is -4.41. The van der Waals surface area contributed by atoms with E-state index in [4.69, 9.17) is 4.74 Å². The number of rotatable bonds is 3. The first-order valence-corrected chi connectivity index (χ1v) is 8.94. The number of urea groups is 1. The number of hydrogen-bond acceptors (Lipinski definition) is 3. The number of methoxy groups -OCH3 is 1. The van der Waals surface area contributed by atoms with Gasteiger partial charge in [-0.25, -0.2) is 4.79 Å². The molecule has 4 nitrogen and oxygen atoms in total. The van der Waals surface area contributed by atoms with Gasteiger partial charge in [-0.1, -0.05) is 24.3 Å². The SMILES string of the molecule is COc1ccccc1NC(=O)N1CCS[C@@H]1c1cccc(C(F)(F)F)c1. The summed E-state index contributed by atoms with van der Waals surface area (Å²) < 4.78 is 44.1. The van der Waals surface area contributed by atoms with E-state index in [1.165, 1.54) is 29.8 Å². The van der Waals surface area contributed by atoms with Gasteiger partial charge in [-0.05, 0) is 29.8 Å². The molecule has 2 aromatic carbocycles. The number of amides is 2. The molecule has 2 aromatic rings. The highest BCUT2D eigenvalue weighted by atomic mass is 32.2. The van der Waals surface area contributed by atoms with Crippen LogP contribution in [-0.4, -0.2) is 30.3 Å². The molecule has 0 aromatic heterocycles. The topological polar surface area (TPSA) is 41.6 Å². The lowest BCUT2D eigenvalue weighted by Crippen LogP contribution is -2.34. The predicted molar refractivity (Wildman–Crippen MR) is 95.4 cm³/mol. The molecule has 0 saturated carbocycles. The van der Waals surface area contributed by atoms with Gasteiger partial charge in [0.2, 0.25) is 0 Å². The molecule has 138 valence electrons. The molecule has 1 aliphatic rings. The lowest BCUT2D eigenvalue weighted by Gasteiger charge is -2.25. The summed E-state index contributed by atoms with van der Waals surface area (Å²) >= 11 is 1.44. The third-order valence-corrected chi connectivity index (χ3v) is 5.26. The third-order valence-electron chi connectivity index (χ3n) is 4.00. The Kier molecular flexibility index (Phi) is 5.31. The number of benzene rings is 2. The molecule has 0 unspecified atom stereocenters. The van der Waals surface area contributed by atoms with E-state index in [2.05, 4.69) is 5.32 Å². The highest BCUT2D eigenvalue weighted by Crippen LogP contribution is 2.40. The Bertz CT molecular complexity index is 798. The molecule has 1 heterocycles. The van der Waals surface area contributed by atoms with Crippen molar-refractivity contribution < 1.29 is 22.7 Å². The van der Waals surface area contributed by atoms with E-state index in [-0.39, 0.29) is 6.03 Å². The first-order chi connectivity index (χ1) is 12.4. The quantitative estimate of drug-likeness (QED) is 0.813. The van der Waals surface area contributed by atoms with Crippen LogP contribution in [0.3, 0.4) is 0 Å². The maximum absolute atomic E-state index is 13.0. The zero-order valence-corrected chi connectivity index (χ0v) is 14.7. The van der Waals surface area contributed by atoms with Gasteiger partial charge >= 0.3 is 12.2 Å².